The Morgan fingerprint density at radius 2 is 1.71 bits per heavy atom. The fourth-order valence-corrected chi connectivity index (χ4v) is 5.84. The van der Waals surface area contributed by atoms with Crippen LogP contribution in [0.2, 0.25) is 0 Å². The first-order valence-corrected chi connectivity index (χ1v) is 8.98. The number of rotatable bonds is 2. The van der Waals surface area contributed by atoms with Crippen LogP contribution in [-0.2, 0) is 9.53 Å². The first-order chi connectivity index (χ1) is 11.5. The summed E-state index contributed by atoms with van der Waals surface area (Å²) in [6.45, 7) is 3.71. The van der Waals surface area contributed by atoms with Gasteiger partial charge in [0.25, 0.3) is 0 Å². The highest BCUT2D eigenvalue weighted by molar-refractivity contribution is 6.09. The summed E-state index contributed by atoms with van der Waals surface area (Å²) >= 11 is 0. The molecular weight excluding hydrogens is 304 g/mol. The molecule has 1 aromatic heterocycles. The monoisotopic (exact) mass is 326 g/mol. The zero-order valence-electron chi connectivity index (χ0n) is 14.2. The Bertz CT molecular complexity index is 732. The zero-order chi connectivity index (χ0) is 16.5. The largest absolute Gasteiger partial charge is 0.406 e. The van der Waals surface area contributed by atoms with E-state index in [1.807, 2.05) is 13.8 Å². The van der Waals surface area contributed by atoms with Gasteiger partial charge < -0.3 is 9.26 Å². The van der Waals surface area contributed by atoms with E-state index in [1.165, 1.54) is 19.3 Å². The second kappa shape index (κ2) is 4.80. The Hall–Kier alpha value is -1.91. The molecule has 0 saturated heterocycles. The van der Waals surface area contributed by atoms with Gasteiger partial charge in [-0.2, -0.15) is 0 Å². The molecule has 4 fully saturated rings. The molecule has 0 spiro atoms. The minimum atomic E-state index is -0.333. The van der Waals surface area contributed by atoms with Gasteiger partial charge >= 0.3 is 5.97 Å². The van der Waals surface area contributed by atoms with Crippen LogP contribution < -0.4 is 0 Å². The normalized spacial score (nSPS) is 38.8. The number of carbonyl (C=O) groups is 1. The lowest BCUT2D eigenvalue weighted by Crippen LogP contribution is -2.50. The zero-order valence-corrected chi connectivity index (χ0v) is 14.2. The van der Waals surface area contributed by atoms with Crippen LogP contribution in [0.5, 0.6) is 0 Å². The maximum atomic E-state index is 12.4. The van der Waals surface area contributed by atoms with Crippen molar-refractivity contribution in [3.8, 4) is 0 Å². The predicted octanol–water partition coefficient (Wildman–Crippen LogP) is 3.80. The van der Waals surface area contributed by atoms with Gasteiger partial charge in [-0.3, -0.25) is 0 Å². The van der Waals surface area contributed by atoms with E-state index >= 15 is 0 Å². The molecule has 1 aromatic rings. The highest BCUT2D eigenvalue weighted by Crippen LogP contribution is 2.61. The van der Waals surface area contributed by atoms with Gasteiger partial charge in [0.1, 0.15) is 5.76 Å². The Morgan fingerprint density at radius 1 is 1.08 bits per heavy atom. The molecule has 0 atom stereocenters. The average molecular weight is 326 g/mol. The summed E-state index contributed by atoms with van der Waals surface area (Å²) < 4.78 is 10.9. The Kier molecular flexibility index (Phi) is 2.89. The quantitative estimate of drug-likeness (QED) is 0.612. The second-order valence-electron chi connectivity index (χ2n) is 8.27. The standard InChI is InChI=1S/C19H22N2O3/c1-10-15(11(2)24-21-10)6-16-17(22)23-18(20-16)19-7-12-3-13(8-19)5-14(4-12)9-19/h6,12-14H,3-5,7-9H2,1-2H3/b16-6-. The molecule has 4 bridgehead atoms. The van der Waals surface area contributed by atoms with E-state index in [0.29, 0.717) is 17.4 Å². The molecule has 0 unspecified atom stereocenters. The van der Waals surface area contributed by atoms with Gasteiger partial charge in [0.05, 0.1) is 5.69 Å². The molecular formula is C19H22N2O3. The first-order valence-electron chi connectivity index (χ1n) is 8.98. The van der Waals surface area contributed by atoms with Gasteiger partial charge in [-0.05, 0) is 76.2 Å². The van der Waals surface area contributed by atoms with Gasteiger partial charge in [0, 0.05) is 11.0 Å². The molecule has 24 heavy (non-hydrogen) atoms. The Labute approximate surface area is 141 Å². The molecule has 1 aliphatic heterocycles. The average Bonchev–Trinajstić information content (AvgIpc) is 3.04. The van der Waals surface area contributed by atoms with Crippen molar-refractivity contribution in [2.75, 3.05) is 0 Å². The highest BCUT2D eigenvalue weighted by Gasteiger charge is 2.55. The van der Waals surface area contributed by atoms with Crippen molar-refractivity contribution in [3.05, 3.63) is 22.7 Å². The van der Waals surface area contributed by atoms with Crippen molar-refractivity contribution in [3.63, 3.8) is 0 Å². The van der Waals surface area contributed by atoms with Crippen LogP contribution in [0.3, 0.4) is 0 Å². The third kappa shape index (κ3) is 2.03. The van der Waals surface area contributed by atoms with E-state index in [4.69, 9.17) is 9.26 Å². The fourth-order valence-electron chi connectivity index (χ4n) is 5.84. The lowest BCUT2D eigenvalue weighted by Gasteiger charge is -2.55. The molecule has 4 aliphatic carbocycles. The Balaban J connectivity index is 1.51. The molecule has 2 heterocycles. The molecule has 0 N–H and O–H groups in total. The summed E-state index contributed by atoms with van der Waals surface area (Å²) in [7, 11) is 0. The molecule has 126 valence electrons. The van der Waals surface area contributed by atoms with E-state index in [0.717, 1.165) is 48.3 Å². The lowest BCUT2D eigenvalue weighted by atomic mass is 9.49. The van der Waals surface area contributed by atoms with Crippen LogP contribution in [0, 0.1) is 37.0 Å². The van der Waals surface area contributed by atoms with Crippen LogP contribution in [0.1, 0.15) is 55.5 Å². The van der Waals surface area contributed by atoms with Crippen molar-refractivity contribution in [1.82, 2.24) is 5.16 Å². The minimum absolute atomic E-state index is 0.0126. The van der Waals surface area contributed by atoms with Gasteiger partial charge in [-0.25, -0.2) is 9.79 Å². The first kappa shape index (κ1) is 14.4. The maximum absolute atomic E-state index is 12.4. The highest BCUT2D eigenvalue weighted by atomic mass is 16.6. The smallest absolute Gasteiger partial charge is 0.363 e. The van der Waals surface area contributed by atoms with Crippen LogP contribution in [0.15, 0.2) is 15.2 Å². The summed E-state index contributed by atoms with van der Waals surface area (Å²) in [5, 5.41) is 3.94. The van der Waals surface area contributed by atoms with Crippen molar-refractivity contribution < 1.29 is 14.1 Å². The van der Waals surface area contributed by atoms with Gasteiger partial charge in [-0.1, -0.05) is 5.16 Å². The number of hydrogen-bond acceptors (Lipinski definition) is 5. The van der Waals surface area contributed by atoms with Crippen LogP contribution in [0.25, 0.3) is 6.08 Å². The van der Waals surface area contributed by atoms with Crippen LogP contribution in [-0.4, -0.2) is 17.0 Å². The van der Waals surface area contributed by atoms with E-state index in [1.54, 1.807) is 6.08 Å². The number of cyclic esters (lactones) is 1. The second-order valence-corrected chi connectivity index (χ2v) is 8.27. The van der Waals surface area contributed by atoms with Crippen molar-refractivity contribution >= 4 is 17.9 Å². The number of hydrogen-bond donors (Lipinski definition) is 0. The molecule has 5 heteroatoms. The molecule has 0 aromatic carbocycles. The van der Waals surface area contributed by atoms with Crippen molar-refractivity contribution in [1.29, 1.82) is 0 Å². The number of nitrogens with zero attached hydrogens (tertiary/aromatic N) is 2. The van der Waals surface area contributed by atoms with Crippen molar-refractivity contribution in [2.45, 2.75) is 52.4 Å². The number of aliphatic imine (C=N–C) groups is 1. The summed E-state index contributed by atoms with van der Waals surface area (Å²) in [6, 6.07) is 0. The van der Waals surface area contributed by atoms with Gasteiger partial charge in [-0.15, -0.1) is 0 Å². The SMILES string of the molecule is Cc1noc(C)c1/C=C1\N=C(C23CC4CC(CC(C4)C2)C3)OC1=O. The van der Waals surface area contributed by atoms with E-state index in [9.17, 15) is 4.79 Å². The molecule has 0 amide bonds. The van der Waals surface area contributed by atoms with Gasteiger partial charge in [0.2, 0.25) is 5.90 Å². The third-order valence-corrected chi connectivity index (χ3v) is 6.48. The summed E-state index contributed by atoms with van der Waals surface area (Å²) in [4.78, 5) is 17.0. The number of aromatic nitrogens is 1. The van der Waals surface area contributed by atoms with E-state index in [-0.39, 0.29) is 11.4 Å². The number of ether oxygens (including phenoxy) is 1. The van der Waals surface area contributed by atoms with Crippen molar-refractivity contribution in [2.24, 2.45) is 28.2 Å². The minimum Gasteiger partial charge on any atom is -0.406 e. The summed E-state index contributed by atoms with van der Waals surface area (Å²) in [5.41, 5.74) is 2.00. The third-order valence-electron chi connectivity index (χ3n) is 6.48. The molecule has 5 aliphatic rings. The van der Waals surface area contributed by atoms with E-state index < -0.39 is 0 Å². The number of aryl methyl sites for hydroxylation is 2. The molecule has 0 radical (unpaired) electrons. The molecule has 5 nitrogen and oxygen atoms in total. The number of carbonyl (C=O) groups excluding carboxylic acids is 1. The number of esters is 1. The Morgan fingerprint density at radius 3 is 2.25 bits per heavy atom. The summed E-state index contributed by atoms with van der Waals surface area (Å²) in [6.07, 6.45) is 9.28. The maximum Gasteiger partial charge on any atom is 0.363 e. The molecule has 4 saturated carbocycles. The fraction of sp³-hybridized carbons (Fsp3) is 0.632. The van der Waals surface area contributed by atoms with E-state index in [2.05, 4.69) is 10.1 Å². The lowest BCUT2D eigenvalue weighted by molar-refractivity contribution is -0.131. The molecule has 6 rings (SSSR count). The topological polar surface area (TPSA) is 64.7 Å². The van der Waals surface area contributed by atoms with Gasteiger partial charge in [0.15, 0.2) is 5.70 Å². The van der Waals surface area contributed by atoms with Crippen LogP contribution >= 0.6 is 0 Å². The van der Waals surface area contributed by atoms with Crippen LogP contribution in [0.4, 0.5) is 0 Å². The predicted molar refractivity (Wildman–Crippen MR) is 88.1 cm³/mol. The summed E-state index contributed by atoms with van der Waals surface area (Å²) in [5.74, 6) is 3.45.